The quantitative estimate of drug-likeness (QED) is 0.660. The monoisotopic (exact) mass is 419 g/mol. The molecule has 1 aliphatic rings. The van der Waals surface area contributed by atoms with E-state index >= 15 is 0 Å². The van der Waals surface area contributed by atoms with Crippen LogP contribution in [0.4, 0.5) is 5.69 Å². The first-order valence-corrected chi connectivity index (χ1v) is 11.1. The minimum Gasteiger partial charge on any atom is -0.342 e. The van der Waals surface area contributed by atoms with E-state index in [0.29, 0.717) is 13.1 Å². The Morgan fingerprint density at radius 1 is 1.17 bits per heavy atom. The number of aryl methyl sites for hydroxylation is 1. The average Bonchev–Trinajstić information content (AvgIpc) is 3.23. The predicted octanol–water partition coefficient (Wildman–Crippen LogP) is 4.54. The van der Waals surface area contributed by atoms with Crippen LogP contribution in [0.15, 0.2) is 60.0 Å². The number of para-hydroxylation sites is 1. The lowest BCUT2D eigenvalue weighted by molar-refractivity contribution is -0.134. The Morgan fingerprint density at radius 2 is 2.00 bits per heavy atom. The van der Waals surface area contributed by atoms with Crippen LogP contribution in [0.3, 0.4) is 0 Å². The van der Waals surface area contributed by atoms with Crippen molar-refractivity contribution in [1.29, 1.82) is 0 Å². The SMILES string of the molecule is Cc1cccc(-c2nc(CC(=O)N3CCCC(C(=O)Nc4ccccc4)C3)cs2)c1. The van der Waals surface area contributed by atoms with Crippen molar-refractivity contribution in [2.24, 2.45) is 5.92 Å². The number of anilines is 1. The molecule has 1 aliphatic heterocycles. The minimum absolute atomic E-state index is 0.0194. The van der Waals surface area contributed by atoms with E-state index in [2.05, 4.69) is 29.4 Å². The average molecular weight is 420 g/mol. The van der Waals surface area contributed by atoms with E-state index in [1.165, 1.54) is 5.56 Å². The normalized spacial score (nSPS) is 16.3. The third-order valence-electron chi connectivity index (χ3n) is 5.34. The number of rotatable bonds is 5. The first kappa shape index (κ1) is 20.3. The second-order valence-electron chi connectivity index (χ2n) is 7.72. The van der Waals surface area contributed by atoms with Crippen LogP contribution in [0.5, 0.6) is 0 Å². The summed E-state index contributed by atoms with van der Waals surface area (Å²) in [5, 5.41) is 5.85. The number of likely N-dealkylation sites (tertiary alicyclic amines) is 1. The fourth-order valence-electron chi connectivity index (χ4n) is 3.75. The molecule has 0 aliphatic carbocycles. The van der Waals surface area contributed by atoms with Gasteiger partial charge in [0.15, 0.2) is 0 Å². The maximum atomic E-state index is 12.9. The Balaban J connectivity index is 1.36. The number of aromatic nitrogens is 1. The molecule has 1 aromatic heterocycles. The van der Waals surface area contributed by atoms with Crippen molar-refractivity contribution in [2.75, 3.05) is 18.4 Å². The number of thiazole rings is 1. The van der Waals surface area contributed by atoms with Crippen molar-refractivity contribution in [1.82, 2.24) is 9.88 Å². The maximum absolute atomic E-state index is 12.9. The van der Waals surface area contributed by atoms with E-state index in [0.717, 1.165) is 34.8 Å². The molecule has 0 bridgehead atoms. The van der Waals surface area contributed by atoms with Crippen LogP contribution in [-0.2, 0) is 16.0 Å². The molecular weight excluding hydrogens is 394 g/mol. The van der Waals surface area contributed by atoms with Crippen molar-refractivity contribution >= 4 is 28.8 Å². The zero-order valence-corrected chi connectivity index (χ0v) is 17.8. The van der Waals surface area contributed by atoms with Crippen molar-refractivity contribution in [3.8, 4) is 10.6 Å². The van der Waals surface area contributed by atoms with E-state index in [9.17, 15) is 9.59 Å². The van der Waals surface area contributed by atoms with Gasteiger partial charge in [-0.3, -0.25) is 9.59 Å². The molecule has 1 saturated heterocycles. The number of hydrogen-bond acceptors (Lipinski definition) is 4. The second kappa shape index (κ2) is 9.22. The molecule has 2 heterocycles. The molecule has 1 atom stereocenters. The number of amides is 2. The van der Waals surface area contributed by atoms with Gasteiger partial charge in [0.2, 0.25) is 11.8 Å². The first-order chi connectivity index (χ1) is 14.6. The number of hydrogen-bond donors (Lipinski definition) is 1. The lowest BCUT2D eigenvalue weighted by Crippen LogP contribution is -2.44. The highest BCUT2D eigenvalue weighted by Gasteiger charge is 2.28. The van der Waals surface area contributed by atoms with E-state index in [1.54, 1.807) is 11.3 Å². The highest BCUT2D eigenvalue weighted by atomic mass is 32.1. The molecule has 1 fully saturated rings. The van der Waals surface area contributed by atoms with Gasteiger partial charge >= 0.3 is 0 Å². The van der Waals surface area contributed by atoms with E-state index in [1.807, 2.05) is 52.7 Å². The van der Waals surface area contributed by atoms with Crippen LogP contribution in [-0.4, -0.2) is 34.8 Å². The standard InChI is InChI=1S/C24H25N3O2S/c1-17-7-5-8-18(13-17)24-26-21(16-30-24)14-22(28)27-12-6-9-19(15-27)23(29)25-20-10-3-2-4-11-20/h2-5,7-8,10-11,13,16,19H,6,9,12,14-15H2,1H3,(H,25,29). The Kier molecular flexibility index (Phi) is 6.23. The molecule has 3 aromatic rings. The smallest absolute Gasteiger partial charge is 0.229 e. The Labute approximate surface area is 180 Å². The lowest BCUT2D eigenvalue weighted by atomic mass is 9.96. The minimum atomic E-state index is -0.179. The van der Waals surface area contributed by atoms with Crippen LogP contribution in [0.2, 0.25) is 0 Å². The number of nitrogens with one attached hydrogen (secondary N) is 1. The molecule has 154 valence electrons. The molecule has 0 radical (unpaired) electrons. The van der Waals surface area contributed by atoms with Crippen LogP contribution in [0.1, 0.15) is 24.1 Å². The van der Waals surface area contributed by atoms with Gasteiger partial charge in [0.1, 0.15) is 5.01 Å². The van der Waals surface area contributed by atoms with Gasteiger partial charge in [-0.25, -0.2) is 4.98 Å². The molecule has 5 nitrogen and oxygen atoms in total. The Morgan fingerprint density at radius 3 is 2.80 bits per heavy atom. The Hall–Kier alpha value is -2.99. The molecule has 1 unspecified atom stereocenters. The zero-order chi connectivity index (χ0) is 20.9. The van der Waals surface area contributed by atoms with Crippen molar-refractivity contribution in [2.45, 2.75) is 26.2 Å². The van der Waals surface area contributed by atoms with Gasteiger partial charge in [0, 0.05) is 29.7 Å². The Bertz CT molecular complexity index is 1030. The van der Waals surface area contributed by atoms with Gasteiger partial charge in [-0.1, -0.05) is 42.0 Å². The molecule has 4 rings (SSSR count). The van der Waals surface area contributed by atoms with Crippen LogP contribution in [0.25, 0.3) is 10.6 Å². The summed E-state index contributed by atoms with van der Waals surface area (Å²) in [6.07, 6.45) is 1.91. The fourth-order valence-corrected chi connectivity index (χ4v) is 4.57. The maximum Gasteiger partial charge on any atom is 0.229 e. The van der Waals surface area contributed by atoms with Crippen molar-refractivity contribution in [3.05, 3.63) is 71.2 Å². The molecule has 0 spiro atoms. The molecule has 2 aromatic carbocycles. The van der Waals surface area contributed by atoms with Crippen LogP contribution < -0.4 is 5.32 Å². The van der Waals surface area contributed by atoms with Gasteiger partial charge < -0.3 is 10.2 Å². The lowest BCUT2D eigenvalue weighted by Gasteiger charge is -2.32. The van der Waals surface area contributed by atoms with E-state index < -0.39 is 0 Å². The van der Waals surface area contributed by atoms with Gasteiger partial charge in [-0.05, 0) is 38.0 Å². The molecule has 1 N–H and O–H groups in total. The summed E-state index contributed by atoms with van der Waals surface area (Å²) in [6, 6.07) is 17.7. The highest BCUT2D eigenvalue weighted by Crippen LogP contribution is 2.25. The third-order valence-corrected chi connectivity index (χ3v) is 6.28. The van der Waals surface area contributed by atoms with E-state index in [4.69, 9.17) is 0 Å². The summed E-state index contributed by atoms with van der Waals surface area (Å²) < 4.78 is 0. The summed E-state index contributed by atoms with van der Waals surface area (Å²) in [5.41, 5.74) is 3.84. The number of carbonyl (C=O) groups excluding carboxylic acids is 2. The zero-order valence-electron chi connectivity index (χ0n) is 17.0. The summed E-state index contributed by atoms with van der Waals surface area (Å²) in [6.45, 7) is 3.22. The largest absolute Gasteiger partial charge is 0.342 e. The van der Waals surface area contributed by atoms with Crippen molar-refractivity contribution < 1.29 is 9.59 Å². The predicted molar refractivity (Wildman–Crippen MR) is 120 cm³/mol. The number of piperidine rings is 1. The number of carbonyl (C=O) groups is 2. The topological polar surface area (TPSA) is 62.3 Å². The van der Waals surface area contributed by atoms with Crippen molar-refractivity contribution in [3.63, 3.8) is 0 Å². The van der Waals surface area contributed by atoms with Gasteiger partial charge in [0.25, 0.3) is 0 Å². The first-order valence-electron chi connectivity index (χ1n) is 10.2. The molecule has 2 amide bonds. The summed E-state index contributed by atoms with van der Waals surface area (Å²) in [5.74, 6) is -0.163. The molecule has 30 heavy (non-hydrogen) atoms. The van der Waals surface area contributed by atoms with E-state index in [-0.39, 0.29) is 24.2 Å². The molecule has 6 heteroatoms. The van der Waals surface area contributed by atoms with Crippen LogP contribution in [0, 0.1) is 12.8 Å². The summed E-state index contributed by atoms with van der Waals surface area (Å²) in [7, 11) is 0. The molecule has 0 saturated carbocycles. The summed E-state index contributed by atoms with van der Waals surface area (Å²) >= 11 is 1.56. The van der Waals surface area contributed by atoms with Gasteiger partial charge in [0.05, 0.1) is 18.0 Å². The fraction of sp³-hybridized carbons (Fsp3) is 0.292. The highest BCUT2D eigenvalue weighted by molar-refractivity contribution is 7.13. The van der Waals surface area contributed by atoms with Gasteiger partial charge in [-0.2, -0.15) is 0 Å². The van der Waals surface area contributed by atoms with Crippen LogP contribution >= 0.6 is 11.3 Å². The number of nitrogens with zero attached hydrogens (tertiary/aromatic N) is 2. The number of benzene rings is 2. The molecular formula is C24H25N3O2S. The second-order valence-corrected chi connectivity index (χ2v) is 8.58. The third kappa shape index (κ3) is 4.94. The van der Waals surface area contributed by atoms with Gasteiger partial charge in [-0.15, -0.1) is 11.3 Å². The summed E-state index contributed by atoms with van der Waals surface area (Å²) in [4.78, 5) is 31.9.